The van der Waals surface area contributed by atoms with Crippen LogP contribution in [0.5, 0.6) is 0 Å². The monoisotopic (exact) mass is 431 g/mol. The molecule has 9 heteroatoms. The quantitative estimate of drug-likeness (QED) is 0.629. The average Bonchev–Trinajstić information content (AvgIpc) is 2.67. The van der Waals surface area contributed by atoms with E-state index in [9.17, 15) is 17.6 Å². The van der Waals surface area contributed by atoms with Gasteiger partial charge in [0.15, 0.2) is 0 Å². The zero-order valence-corrected chi connectivity index (χ0v) is 16.9. The second-order valence-corrected chi connectivity index (χ2v) is 8.62. The van der Waals surface area contributed by atoms with Crippen molar-refractivity contribution in [3.05, 3.63) is 59.5 Å². The van der Waals surface area contributed by atoms with Crippen LogP contribution in [0.3, 0.4) is 0 Å². The van der Waals surface area contributed by atoms with E-state index in [-0.39, 0.29) is 12.1 Å². The second kappa shape index (κ2) is 7.05. The first-order valence-electron chi connectivity index (χ1n) is 10.0. The van der Waals surface area contributed by atoms with Gasteiger partial charge in [-0.3, -0.25) is 0 Å². The van der Waals surface area contributed by atoms with Crippen molar-refractivity contribution in [2.45, 2.75) is 12.7 Å². The minimum atomic E-state index is -4.73. The van der Waals surface area contributed by atoms with E-state index in [0.29, 0.717) is 16.6 Å². The van der Waals surface area contributed by atoms with E-state index < -0.39 is 17.6 Å². The minimum absolute atomic E-state index is 0.0604. The molecule has 5 rings (SSSR count). The molecule has 0 bridgehead atoms. The van der Waals surface area contributed by atoms with Crippen molar-refractivity contribution in [3.63, 3.8) is 0 Å². The number of anilines is 2. The molecule has 2 saturated heterocycles. The Morgan fingerprint density at radius 2 is 1.87 bits per heavy atom. The van der Waals surface area contributed by atoms with Crippen LogP contribution in [0.25, 0.3) is 10.9 Å². The molecule has 2 aliphatic heterocycles. The van der Waals surface area contributed by atoms with E-state index in [2.05, 4.69) is 32.4 Å². The minimum Gasteiger partial charge on any atom is -0.379 e. The Morgan fingerprint density at radius 3 is 2.58 bits per heavy atom. The fraction of sp³-hybridized carbons (Fsp3) is 0.364. The Kier molecular flexibility index (Phi) is 4.55. The van der Waals surface area contributed by atoms with Gasteiger partial charge < -0.3 is 15.1 Å². The van der Waals surface area contributed by atoms with Gasteiger partial charge in [0, 0.05) is 54.8 Å². The molecule has 0 atom stereocenters. The van der Waals surface area contributed by atoms with E-state index in [1.165, 1.54) is 18.3 Å². The van der Waals surface area contributed by atoms with Crippen molar-refractivity contribution < 1.29 is 17.6 Å². The molecule has 2 aromatic carbocycles. The molecule has 2 fully saturated rings. The number of nitrogens with zero attached hydrogens (tertiary/aromatic N) is 4. The third-order valence-corrected chi connectivity index (χ3v) is 6.10. The Labute approximate surface area is 176 Å². The van der Waals surface area contributed by atoms with Crippen molar-refractivity contribution in [2.24, 2.45) is 5.41 Å². The van der Waals surface area contributed by atoms with Crippen molar-refractivity contribution in [1.29, 1.82) is 0 Å². The molecule has 31 heavy (non-hydrogen) atoms. The predicted molar refractivity (Wildman–Crippen MR) is 110 cm³/mol. The van der Waals surface area contributed by atoms with Crippen LogP contribution in [0.1, 0.15) is 11.1 Å². The molecule has 0 aliphatic carbocycles. The third kappa shape index (κ3) is 3.56. The van der Waals surface area contributed by atoms with E-state index in [1.807, 2.05) is 18.2 Å². The Hall–Kier alpha value is -2.94. The lowest BCUT2D eigenvalue weighted by Crippen LogP contribution is -2.71. The first-order chi connectivity index (χ1) is 14.7. The van der Waals surface area contributed by atoms with E-state index in [4.69, 9.17) is 0 Å². The molecule has 5 nitrogen and oxygen atoms in total. The summed E-state index contributed by atoms with van der Waals surface area (Å²) in [7, 11) is 2.12. The maximum Gasteiger partial charge on any atom is 0.419 e. The van der Waals surface area contributed by atoms with E-state index in [0.717, 1.165) is 43.3 Å². The zero-order chi connectivity index (χ0) is 21.8. The van der Waals surface area contributed by atoms with Crippen LogP contribution in [-0.2, 0) is 12.7 Å². The highest BCUT2D eigenvalue weighted by molar-refractivity contribution is 5.93. The van der Waals surface area contributed by atoms with Crippen LogP contribution in [0.4, 0.5) is 28.9 Å². The van der Waals surface area contributed by atoms with Gasteiger partial charge >= 0.3 is 6.18 Å². The standard InChI is InChI=1S/C22H21F4N5/c1-30-10-21(11-30)12-31(13-21)15-5-6-18-16(7-15)19(9-28-29-18)27-8-14-3-2-4-17(20(14)23)22(24,25)26/h2-7,9H,8,10-13H2,1H3,(H,27,29). The van der Waals surface area contributed by atoms with Gasteiger partial charge in [0.05, 0.1) is 23.0 Å². The first-order valence-corrected chi connectivity index (χ1v) is 10.0. The Bertz CT molecular complexity index is 1130. The lowest BCUT2D eigenvalue weighted by molar-refractivity contribution is -0.140. The number of aromatic nitrogens is 2. The number of benzene rings is 2. The molecule has 3 heterocycles. The fourth-order valence-electron chi connectivity index (χ4n) is 4.75. The third-order valence-electron chi connectivity index (χ3n) is 6.10. The molecule has 3 aromatic rings. The van der Waals surface area contributed by atoms with Crippen molar-refractivity contribution >= 4 is 22.3 Å². The Morgan fingerprint density at radius 1 is 1.10 bits per heavy atom. The van der Waals surface area contributed by atoms with Gasteiger partial charge in [0.25, 0.3) is 0 Å². The van der Waals surface area contributed by atoms with Crippen LogP contribution < -0.4 is 10.2 Å². The Balaban J connectivity index is 1.37. The molecule has 2 aliphatic rings. The number of hydrogen-bond acceptors (Lipinski definition) is 5. The van der Waals surface area contributed by atoms with Crippen LogP contribution in [0.15, 0.2) is 42.6 Å². The lowest BCUT2D eigenvalue weighted by atomic mass is 9.73. The summed E-state index contributed by atoms with van der Waals surface area (Å²) >= 11 is 0. The summed E-state index contributed by atoms with van der Waals surface area (Å²) in [4.78, 5) is 4.62. The van der Waals surface area contributed by atoms with E-state index in [1.54, 1.807) is 0 Å². The van der Waals surface area contributed by atoms with Crippen molar-refractivity contribution in [1.82, 2.24) is 15.1 Å². The summed E-state index contributed by atoms with van der Waals surface area (Å²) in [5, 5.41) is 11.9. The summed E-state index contributed by atoms with van der Waals surface area (Å²) in [5.41, 5.74) is 1.39. The van der Waals surface area contributed by atoms with Gasteiger partial charge in [-0.05, 0) is 31.3 Å². The molecule has 0 unspecified atom stereocenters. The first kappa shape index (κ1) is 20.0. The number of likely N-dealkylation sites (tertiary alicyclic amines) is 1. The highest BCUT2D eigenvalue weighted by atomic mass is 19.4. The largest absolute Gasteiger partial charge is 0.419 e. The van der Waals surface area contributed by atoms with Crippen LogP contribution in [-0.4, -0.2) is 48.3 Å². The number of halogens is 4. The summed E-state index contributed by atoms with van der Waals surface area (Å²) in [6.07, 6.45) is -3.22. The normalized spacial score (nSPS) is 18.2. The second-order valence-electron chi connectivity index (χ2n) is 8.62. The summed E-state index contributed by atoms with van der Waals surface area (Å²) in [6.45, 7) is 4.12. The van der Waals surface area contributed by atoms with Gasteiger partial charge in [-0.1, -0.05) is 12.1 Å². The molecule has 0 radical (unpaired) electrons. The molecule has 1 spiro atoms. The van der Waals surface area contributed by atoms with Crippen LogP contribution in [0, 0.1) is 11.2 Å². The number of fused-ring (bicyclic) bond motifs is 1. The van der Waals surface area contributed by atoms with Gasteiger partial charge in [-0.15, -0.1) is 0 Å². The summed E-state index contributed by atoms with van der Waals surface area (Å²) in [6, 6.07) is 9.18. The molecule has 1 N–H and O–H groups in total. The summed E-state index contributed by atoms with van der Waals surface area (Å²) < 4.78 is 53.3. The zero-order valence-electron chi connectivity index (χ0n) is 16.9. The maximum absolute atomic E-state index is 14.3. The number of hydrogen-bond donors (Lipinski definition) is 1. The molecule has 162 valence electrons. The fourth-order valence-corrected chi connectivity index (χ4v) is 4.75. The smallest absolute Gasteiger partial charge is 0.379 e. The van der Waals surface area contributed by atoms with Crippen LogP contribution >= 0.6 is 0 Å². The van der Waals surface area contributed by atoms with Crippen molar-refractivity contribution in [2.75, 3.05) is 43.4 Å². The van der Waals surface area contributed by atoms with E-state index >= 15 is 0 Å². The molecular formula is C22H21F4N5. The predicted octanol–water partition coefficient (Wildman–Crippen LogP) is 4.15. The van der Waals surface area contributed by atoms with Gasteiger partial charge in [0.2, 0.25) is 0 Å². The van der Waals surface area contributed by atoms with Crippen molar-refractivity contribution in [3.8, 4) is 0 Å². The highest BCUT2D eigenvalue weighted by Crippen LogP contribution is 2.42. The topological polar surface area (TPSA) is 44.3 Å². The average molecular weight is 431 g/mol. The number of rotatable bonds is 4. The van der Waals surface area contributed by atoms with Crippen LogP contribution in [0.2, 0.25) is 0 Å². The number of nitrogens with one attached hydrogen (secondary N) is 1. The highest BCUT2D eigenvalue weighted by Gasteiger charge is 2.50. The van der Waals surface area contributed by atoms with Gasteiger partial charge in [-0.2, -0.15) is 23.4 Å². The number of alkyl halides is 3. The van der Waals surface area contributed by atoms with Gasteiger partial charge in [-0.25, -0.2) is 4.39 Å². The lowest BCUT2D eigenvalue weighted by Gasteiger charge is -2.60. The molecule has 0 amide bonds. The summed E-state index contributed by atoms with van der Waals surface area (Å²) in [5.74, 6) is -1.26. The maximum atomic E-state index is 14.3. The molecule has 0 saturated carbocycles. The molecule has 1 aromatic heterocycles. The SMILES string of the molecule is CN1CC2(C1)CN(c1ccc3nncc(NCc4cccc(C(F)(F)F)c4F)c3c1)C2. The molecular weight excluding hydrogens is 410 g/mol. The van der Waals surface area contributed by atoms with Gasteiger partial charge in [0.1, 0.15) is 5.82 Å².